The SMILES string of the molecule is CC(C)CCC1(C)CC(C2=NS(=O)(=O)c3cc(NS(C)(=O)=O)ccc3N2)=C(O)c2cncn21. The molecule has 4 rings (SSSR count). The van der Waals surface area contributed by atoms with E-state index in [1.807, 2.05) is 4.57 Å². The Kier molecular flexibility index (Phi) is 5.56. The molecule has 0 saturated heterocycles. The topological polar surface area (TPSA) is 143 Å². The van der Waals surface area contributed by atoms with Gasteiger partial charge in [-0.1, -0.05) is 13.8 Å². The van der Waals surface area contributed by atoms with Crippen molar-refractivity contribution in [3.63, 3.8) is 0 Å². The third-order valence-corrected chi connectivity index (χ3v) is 7.80. The lowest BCUT2D eigenvalue weighted by molar-refractivity contribution is 0.255. The first-order chi connectivity index (χ1) is 15.3. The van der Waals surface area contributed by atoms with E-state index in [-0.39, 0.29) is 27.9 Å². The molecular weight excluding hydrogens is 466 g/mol. The standard InChI is InChI=1S/C21H27N5O5S2/c1-13(2)7-8-21(3)10-15(19(27)17-11-22-12-26(17)21)20-23-16-6-5-14(24-32(4,28)29)9-18(16)33(30,31)25-20/h5-6,9,11-13,24,27H,7-8,10H2,1-4H3,(H,23,25). The summed E-state index contributed by atoms with van der Waals surface area (Å²) >= 11 is 0. The summed E-state index contributed by atoms with van der Waals surface area (Å²) in [6.45, 7) is 6.33. The minimum Gasteiger partial charge on any atom is -0.505 e. The van der Waals surface area contributed by atoms with E-state index in [1.165, 1.54) is 18.2 Å². The van der Waals surface area contributed by atoms with Crippen LogP contribution in [0.2, 0.25) is 0 Å². The van der Waals surface area contributed by atoms with E-state index in [0.717, 1.165) is 19.1 Å². The molecule has 0 fully saturated rings. The minimum absolute atomic E-state index is 0.0482. The highest BCUT2D eigenvalue weighted by Gasteiger charge is 2.39. The summed E-state index contributed by atoms with van der Waals surface area (Å²) in [5, 5.41) is 14.0. The van der Waals surface area contributed by atoms with E-state index in [0.29, 0.717) is 23.6 Å². The lowest BCUT2D eigenvalue weighted by atomic mass is 9.82. The quantitative estimate of drug-likeness (QED) is 0.560. The van der Waals surface area contributed by atoms with Gasteiger partial charge in [0.25, 0.3) is 10.0 Å². The molecule has 0 spiro atoms. The Hall–Kier alpha value is -2.86. The van der Waals surface area contributed by atoms with Gasteiger partial charge in [0.15, 0.2) is 5.84 Å². The van der Waals surface area contributed by atoms with Crippen LogP contribution in [0.4, 0.5) is 11.4 Å². The van der Waals surface area contributed by atoms with Gasteiger partial charge in [-0.15, -0.1) is 4.40 Å². The molecule has 1 aromatic heterocycles. The molecule has 2 aliphatic heterocycles. The van der Waals surface area contributed by atoms with Gasteiger partial charge >= 0.3 is 0 Å². The highest BCUT2D eigenvalue weighted by atomic mass is 32.2. The second-order valence-corrected chi connectivity index (χ2v) is 12.5. The Balaban J connectivity index is 1.76. The zero-order chi connectivity index (χ0) is 24.2. The first-order valence-electron chi connectivity index (χ1n) is 10.5. The van der Waals surface area contributed by atoms with Gasteiger partial charge in [-0.25, -0.2) is 13.4 Å². The average Bonchev–Trinajstić information content (AvgIpc) is 3.20. The van der Waals surface area contributed by atoms with E-state index in [1.54, 1.807) is 12.5 Å². The molecule has 3 N–H and O–H groups in total. The summed E-state index contributed by atoms with van der Waals surface area (Å²) in [6.07, 6.45) is 6.33. The summed E-state index contributed by atoms with van der Waals surface area (Å²) in [5.41, 5.74) is 0.840. The van der Waals surface area contributed by atoms with Gasteiger partial charge in [0.2, 0.25) is 10.0 Å². The molecule has 33 heavy (non-hydrogen) atoms. The number of imidazole rings is 1. The summed E-state index contributed by atoms with van der Waals surface area (Å²) in [6, 6.07) is 4.15. The third kappa shape index (κ3) is 4.49. The lowest BCUT2D eigenvalue weighted by Crippen LogP contribution is -2.38. The molecule has 2 aromatic rings. The van der Waals surface area contributed by atoms with Crippen LogP contribution in [0.15, 0.2) is 45.6 Å². The van der Waals surface area contributed by atoms with E-state index >= 15 is 0 Å². The molecule has 1 aromatic carbocycles. The average molecular weight is 494 g/mol. The molecule has 0 radical (unpaired) electrons. The Morgan fingerprint density at radius 3 is 2.73 bits per heavy atom. The number of anilines is 2. The number of sulfonamides is 2. The Bertz CT molecular complexity index is 1390. The van der Waals surface area contributed by atoms with Crippen LogP contribution in [-0.2, 0) is 25.6 Å². The van der Waals surface area contributed by atoms with Crippen LogP contribution in [0.25, 0.3) is 5.76 Å². The van der Waals surface area contributed by atoms with Gasteiger partial charge in [-0.05, 0) is 43.9 Å². The fourth-order valence-corrected chi connectivity index (χ4v) is 5.90. The van der Waals surface area contributed by atoms with Crippen molar-refractivity contribution in [2.75, 3.05) is 16.3 Å². The Labute approximate surface area is 193 Å². The maximum Gasteiger partial charge on any atom is 0.286 e. The first-order valence-corrected chi connectivity index (χ1v) is 13.8. The number of fused-ring (bicyclic) bond motifs is 2. The zero-order valence-corrected chi connectivity index (χ0v) is 20.5. The molecule has 0 aliphatic carbocycles. The van der Waals surface area contributed by atoms with Crippen molar-refractivity contribution >= 4 is 43.0 Å². The molecule has 2 aliphatic rings. The van der Waals surface area contributed by atoms with Crippen molar-refractivity contribution in [2.24, 2.45) is 10.3 Å². The van der Waals surface area contributed by atoms with Crippen LogP contribution in [0.3, 0.4) is 0 Å². The van der Waals surface area contributed by atoms with Crippen molar-refractivity contribution in [1.29, 1.82) is 0 Å². The molecule has 10 nitrogen and oxygen atoms in total. The first kappa shape index (κ1) is 23.3. The van der Waals surface area contributed by atoms with Gasteiger partial charge in [0, 0.05) is 23.2 Å². The van der Waals surface area contributed by atoms with Crippen LogP contribution < -0.4 is 10.0 Å². The molecule has 0 saturated carbocycles. The largest absolute Gasteiger partial charge is 0.505 e. The van der Waals surface area contributed by atoms with Gasteiger partial charge in [0.1, 0.15) is 16.3 Å². The number of aliphatic hydroxyl groups excluding tert-OH is 1. The van der Waals surface area contributed by atoms with E-state index in [4.69, 9.17) is 0 Å². The van der Waals surface area contributed by atoms with Gasteiger partial charge < -0.3 is 15.0 Å². The number of amidine groups is 1. The summed E-state index contributed by atoms with van der Waals surface area (Å²) in [5.74, 6) is 0.450. The number of rotatable bonds is 6. The number of benzene rings is 1. The van der Waals surface area contributed by atoms with E-state index in [9.17, 15) is 21.9 Å². The number of nitrogens with one attached hydrogen (secondary N) is 2. The fraction of sp³-hybridized carbons (Fsp3) is 0.429. The zero-order valence-electron chi connectivity index (χ0n) is 18.8. The van der Waals surface area contributed by atoms with Crippen molar-refractivity contribution in [3.05, 3.63) is 42.0 Å². The molecule has 12 heteroatoms. The number of hydrogen-bond acceptors (Lipinski definition) is 7. The number of nitrogens with zero attached hydrogens (tertiary/aromatic N) is 3. The van der Waals surface area contributed by atoms with Crippen LogP contribution in [0, 0.1) is 5.92 Å². The predicted molar refractivity (Wildman–Crippen MR) is 127 cm³/mol. The lowest BCUT2D eigenvalue weighted by Gasteiger charge is -2.38. The summed E-state index contributed by atoms with van der Waals surface area (Å²) in [4.78, 5) is 4.04. The fourth-order valence-electron chi connectivity index (χ4n) is 4.18. The van der Waals surface area contributed by atoms with E-state index < -0.39 is 25.6 Å². The highest BCUT2D eigenvalue weighted by Crippen LogP contribution is 2.42. The van der Waals surface area contributed by atoms with Gasteiger partial charge in [-0.3, -0.25) is 4.72 Å². The second kappa shape index (κ2) is 7.87. The molecule has 0 amide bonds. The van der Waals surface area contributed by atoms with Crippen molar-refractivity contribution in [2.45, 2.75) is 50.5 Å². The Morgan fingerprint density at radius 2 is 2.06 bits per heavy atom. The number of aromatic nitrogens is 2. The van der Waals surface area contributed by atoms with E-state index in [2.05, 4.69) is 40.2 Å². The van der Waals surface area contributed by atoms with Gasteiger partial charge in [0.05, 0.1) is 24.5 Å². The smallest absolute Gasteiger partial charge is 0.286 e. The molecular formula is C21H27N5O5S2. The second-order valence-electron chi connectivity index (χ2n) is 9.21. The van der Waals surface area contributed by atoms with Crippen LogP contribution in [-0.4, -0.2) is 43.6 Å². The van der Waals surface area contributed by atoms with Crippen LogP contribution in [0.5, 0.6) is 0 Å². The van der Waals surface area contributed by atoms with Gasteiger partial charge in [-0.2, -0.15) is 8.42 Å². The normalized spacial score (nSPS) is 21.8. The molecule has 1 atom stereocenters. The molecule has 178 valence electrons. The number of aliphatic hydroxyl groups is 1. The summed E-state index contributed by atoms with van der Waals surface area (Å²) in [7, 11) is -7.72. The third-order valence-electron chi connectivity index (χ3n) is 5.88. The van der Waals surface area contributed by atoms with Crippen molar-refractivity contribution < 1.29 is 21.9 Å². The monoisotopic (exact) mass is 493 g/mol. The maximum atomic E-state index is 13.0. The minimum atomic E-state index is -4.15. The van der Waals surface area contributed by atoms with Crippen molar-refractivity contribution in [3.8, 4) is 0 Å². The van der Waals surface area contributed by atoms with Crippen molar-refractivity contribution in [1.82, 2.24) is 9.55 Å². The molecule has 0 bridgehead atoms. The summed E-state index contributed by atoms with van der Waals surface area (Å²) < 4.78 is 57.2. The number of hydrogen-bond donors (Lipinski definition) is 3. The maximum absolute atomic E-state index is 13.0. The highest BCUT2D eigenvalue weighted by molar-refractivity contribution is 7.92. The molecule has 3 heterocycles. The predicted octanol–water partition coefficient (Wildman–Crippen LogP) is 3.29. The Morgan fingerprint density at radius 1 is 1.33 bits per heavy atom. The van der Waals surface area contributed by atoms with Crippen LogP contribution in [0.1, 0.15) is 45.7 Å². The molecule has 1 unspecified atom stereocenters. The van der Waals surface area contributed by atoms with Crippen LogP contribution >= 0.6 is 0 Å².